The third kappa shape index (κ3) is 5.46. The zero-order valence-corrected chi connectivity index (χ0v) is 32.6. The zero-order chi connectivity index (χ0) is 39.6. The van der Waals surface area contributed by atoms with Crippen LogP contribution in [-0.4, -0.2) is 19.1 Å². The molecular formula is C56H36N4. The molecule has 0 saturated carbocycles. The van der Waals surface area contributed by atoms with Crippen LogP contribution in [0.1, 0.15) is 0 Å². The Labute approximate surface area is 346 Å². The lowest BCUT2D eigenvalue weighted by atomic mass is 10.0. The van der Waals surface area contributed by atoms with Crippen LogP contribution >= 0.6 is 0 Å². The van der Waals surface area contributed by atoms with Crippen molar-refractivity contribution in [3.8, 4) is 56.4 Å². The molecule has 0 atom stereocenters. The molecule has 9 aromatic carbocycles. The van der Waals surface area contributed by atoms with Crippen molar-refractivity contribution in [1.29, 1.82) is 0 Å². The number of rotatable bonds is 6. The average molecular weight is 765 g/mol. The Kier molecular flexibility index (Phi) is 7.82. The summed E-state index contributed by atoms with van der Waals surface area (Å²) >= 11 is 0. The molecular weight excluding hydrogens is 729 g/mol. The molecule has 0 aliphatic rings. The minimum Gasteiger partial charge on any atom is -0.309 e. The molecule has 0 amide bonds. The highest BCUT2D eigenvalue weighted by atomic mass is 15.0. The molecule has 4 nitrogen and oxygen atoms in total. The number of nitrogens with zero attached hydrogens (tertiary/aromatic N) is 4. The van der Waals surface area contributed by atoms with Crippen LogP contribution in [-0.2, 0) is 0 Å². The Morgan fingerprint density at radius 2 is 0.767 bits per heavy atom. The topological polar surface area (TPSA) is 35.6 Å². The van der Waals surface area contributed by atoms with Crippen molar-refractivity contribution in [2.24, 2.45) is 0 Å². The fraction of sp³-hybridized carbons (Fsp3) is 0. The van der Waals surface area contributed by atoms with E-state index in [1.54, 1.807) is 0 Å². The summed E-state index contributed by atoms with van der Waals surface area (Å²) in [5.41, 5.74) is 14.1. The van der Waals surface area contributed by atoms with Gasteiger partial charge in [-0.1, -0.05) is 164 Å². The average Bonchev–Trinajstić information content (AvgIpc) is 3.85. The molecule has 3 aromatic heterocycles. The van der Waals surface area contributed by atoms with Gasteiger partial charge < -0.3 is 9.13 Å². The number of benzene rings is 9. The molecule has 0 spiro atoms. The van der Waals surface area contributed by atoms with Gasteiger partial charge in [0, 0.05) is 49.3 Å². The van der Waals surface area contributed by atoms with Gasteiger partial charge in [0.25, 0.3) is 0 Å². The van der Waals surface area contributed by atoms with Crippen LogP contribution < -0.4 is 0 Å². The van der Waals surface area contributed by atoms with Crippen molar-refractivity contribution >= 4 is 54.4 Å². The lowest BCUT2D eigenvalue weighted by Gasteiger charge is -2.15. The maximum Gasteiger partial charge on any atom is 0.160 e. The minimum absolute atomic E-state index is 0.680. The van der Waals surface area contributed by atoms with Crippen LogP contribution in [0.5, 0.6) is 0 Å². The number of hydrogen-bond donors (Lipinski definition) is 0. The van der Waals surface area contributed by atoms with Gasteiger partial charge in [0.15, 0.2) is 5.82 Å². The first-order valence-electron chi connectivity index (χ1n) is 20.4. The van der Waals surface area contributed by atoms with Crippen molar-refractivity contribution in [1.82, 2.24) is 19.1 Å². The number of hydrogen-bond acceptors (Lipinski definition) is 2. The molecule has 0 aliphatic carbocycles. The van der Waals surface area contributed by atoms with E-state index < -0.39 is 0 Å². The highest BCUT2D eigenvalue weighted by molar-refractivity contribution is 6.29. The van der Waals surface area contributed by atoms with Gasteiger partial charge in [0.2, 0.25) is 0 Å². The van der Waals surface area contributed by atoms with Gasteiger partial charge in [-0.15, -0.1) is 0 Å². The van der Waals surface area contributed by atoms with Gasteiger partial charge in [-0.2, -0.15) is 0 Å². The van der Waals surface area contributed by atoms with Gasteiger partial charge in [0.1, 0.15) is 0 Å². The zero-order valence-electron chi connectivity index (χ0n) is 32.6. The Hall–Kier alpha value is -8.08. The molecule has 3 heterocycles. The van der Waals surface area contributed by atoms with Crippen LogP contribution in [0.25, 0.3) is 111 Å². The van der Waals surface area contributed by atoms with E-state index in [2.05, 4.69) is 221 Å². The first kappa shape index (κ1) is 34.0. The molecule has 0 unspecified atom stereocenters. The van der Waals surface area contributed by atoms with E-state index in [-0.39, 0.29) is 0 Å². The third-order valence-electron chi connectivity index (χ3n) is 11.9. The maximum atomic E-state index is 5.34. The second-order valence-corrected chi connectivity index (χ2v) is 15.4. The summed E-state index contributed by atoms with van der Waals surface area (Å²) in [5, 5.41) is 7.23. The maximum absolute atomic E-state index is 5.34. The number of fused-ring (bicyclic) bond motifs is 8. The molecule has 60 heavy (non-hydrogen) atoms. The van der Waals surface area contributed by atoms with Crippen molar-refractivity contribution in [2.75, 3.05) is 0 Å². The van der Waals surface area contributed by atoms with Crippen molar-refractivity contribution < 1.29 is 0 Å². The SMILES string of the molecule is c1ccc(-c2ccc(-c3cc(-c4ccccc4)nc(-c4cc(-n5c6ccccc6c6c7c8ccccc8n(-c8ccccc8)c7ccc65)c5ccccc5c4)n3)cc2)cc1. The van der Waals surface area contributed by atoms with Crippen LogP contribution in [0.4, 0.5) is 0 Å². The van der Waals surface area contributed by atoms with Crippen LogP contribution in [0.3, 0.4) is 0 Å². The summed E-state index contributed by atoms with van der Waals surface area (Å²) in [6.07, 6.45) is 0. The highest BCUT2D eigenvalue weighted by Crippen LogP contribution is 2.44. The summed E-state index contributed by atoms with van der Waals surface area (Å²) in [5.74, 6) is 0.680. The predicted molar refractivity (Wildman–Crippen MR) is 250 cm³/mol. The highest BCUT2D eigenvalue weighted by Gasteiger charge is 2.22. The summed E-state index contributed by atoms with van der Waals surface area (Å²) in [4.78, 5) is 10.6. The first-order chi connectivity index (χ1) is 29.8. The summed E-state index contributed by atoms with van der Waals surface area (Å²) in [6, 6.07) is 77.9. The molecule has 12 aromatic rings. The monoisotopic (exact) mass is 764 g/mol. The van der Waals surface area contributed by atoms with E-state index in [9.17, 15) is 0 Å². The Bertz CT molecular complexity index is 3570. The van der Waals surface area contributed by atoms with Crippen LogP contribution in [0, 0.1) is 0 Å². The Balaban J connectivity index is 1.11. The smallest absolute Gasteiger partial charge is 0.160 e. The van der Waals surface area contributed by atoms with Gasteiger partial charge in [-0.3, -0.25) is 0 Å². The van der Waals surface area contributed by atoms with E-state index in [1.165, 1.54) is 43.7 Å². The first-order valence-corrected chi connectivity index (χ1v) is 20.4. The van der Waals surface area contributed by atoms with E-state index in [0.717, 1.165) is 61.3 Å². The van der Waals surface area contributed by atoms with Gasteiger partial charge >= 0.3 is 0 Å². The van der Waals surface area contributed by atoms with Crippen LogP contribution in [0.2, 0.25) is 0 Å². The normalized spacial score (nSPS) is 11.7. The molecule has 0 fully saturated rings. The van der Waals surface area contributed by atoms with Crippen molar-refractivity contribution in [3.63, 3.8) is 0 Å². The predicted octanol–water partition coefficient (Wildman–Crippen LogP) is 14.5. The Morgan fingerprint density at radius 3 is 1.42 bits per heavy atom. The summed E-state index contributed by atoms with van der Waals surface area (Å²) < 4.78 is 4.85. The minimum atomic E-state index is 0.680. The van der Waals surface area contributed by atoms with E-state index in [1.807, 2.05) is 6.07 Å². The molecule has 0 N–H and O–H groups in total. The third-order valence-corrected chi connectivity index (χ3v) is 11.9. The summed E-state index contributed by atoms with van der Waals surface area (Å²) in [7, 11) is 0. The van der Waals surface area contributed by atoms with E-state index in [0.29, 0.717) is 5.82 Å². The standard InChI is InChI=1S/C56H36N4/c1-4-16-37(17-5-1)38-28-30-40(31-29-38)48-36-47(39-18-6-2-7-19-39)57-56(58-48)42-34-41-20-10-11-23-44(41)53(35-42)60-50-27-15-13-25-46(50)55-52(60)33-32-51-54(55)45-24-12-14-26-49(45)59(51)43-21-8-3-9-22-43/h1-36H. The molecule has 0 bridgehead atoms. The molecule has 0 aliphatic heterocycles. The largest absolute Gasteiger partial charge is 0.309 e. The molecule has 280 valence electrons. The van der Waals surface area contributed by atoms with Gasteiger partial charge in [-0.05, 0) is 71.1 Å². The lowest BCUT2D eigenvalue weighted by Crippen LogP contribution is -1.99. The summed E-state index contributed by atoms with van der Waals surface area (Å²) in [6.45, 7) is 0. The lowest BCUT2D eigenvalue weighted by molar-refractivity contribution is 1.17. The number of aromatic nitrogens is 4. The quantitative estimate of drug-likeness (QED) is 0.169. The molecule has 0 radical (unpaired) electrons. The van der Waals surface area contributed by atoms with E-state index in [4.69, 9.17) is 9.97 Å². The van der Waals surface area contributed by atoms with Gasteiger partial charge in [0.05, 0.1) is 39.1 Å². The molecule has 0 saturated heterocycles. The van der Waals surface area contributed by atoms with E-state index >= 15 is 0 Å². The Morgan fingerprint density at radius 1 is 0.300 bits per heavy atom. The molecule has 4 heteroatoms. The van der Waals surface area contributed by atoms with Crippen LogP contribution in [0.15, 0.2) is 218 Å². The van der Waals surface area contributed by atoms with Gasteiger partial charge in [-0.25, -0.2) is 9.97 Å². The number of para-hydroxylation sites is 3. The van der Waals surface area contributed by atoms with Crippen molar-refractivity contribution in [2.45, 2.75) is 0 Å². The van der Waals surface area contributed by atoms with Crippen molar-refractivity contribution in [3.05, 3.63) is 218 Å². The second kappa shape index (κ2) is 13.8. The fourth-order valence-corrected chi connectivity index (χ4v) is 9.18. The second-order valence-electron chi connectivity index (χ2n) is 15.4. The molecule has 12 rings (SSSR count). The fourth-order valence-electron chi connectivity index (χ4n) is 9.18.